The summed E-state index contributed by atoms with van der Waals surface area (Å²) >= 11 is 1.60. The predicted octanol–water partition coefficient (Wildman–Crippen LogP) is 8.22. The molecule has 6 atom stereocenters. The molecule has 6 fully saturated rings. The highest BCUT2D eigenvalue weighted by Crippen LogP contribution is 2.44. The summed E-state index contributed by atoms with van der Waals surface area (Å²) in [6.07, 6.45) is 10.2. The van der Waals surface area contributed by atoms with Crippen LogP contribution in [0.25, 0.3) is 21.7 Å². The Balaban J connectivity index is 0.608. The number of rotatable bonds is 15. The Kier molecular flexibility index (Phi) is 14.7. The Labute approximate surface area is 466 Å². The number of aryl methyl sites for hydroxylation is 1. The zero-order chi connectivity index (χ0) is 54.5. The number of aliphatic hydroxyl groups excluding tert-OH is 1. The first-order chi connectivity index (χ1) is 38.2. The van der Waals surface area contributed by atoms with Crippen LogP contribution in [-0.4, -0.2) is 140 Å². The second kappa shape index (κ2) is 22.0. The summed E-state index contributed by atoms with van der Waals surface area (Å²) in [7, 11) is 0. The molecule has 2 amide bonds. The van der Waals surface area contributed by atoms with E-state index in [1.165, 1.54) is 12.8 Å². The largest absolute Gasteiger partial charge is 0.507 e. The first-order valence-electron chi connectivity index (χ1n) is 28.6. The number of aromatic nitrogens is 5. The van der Waals surface area contributed by atoms with Crippen LogP contribution >= 0.6 is 11.3 Å². The lowest BCUT2D eigenvalue weighted by Crippen LogP contribution is -2.54. The minimum atomic E-state index is -0.804. The SMILES string of the molecule is Cc1ncsc1-c1ccc([C@H](C)NC(=O)[C@@H]2C[C@@H](O)CN2C(=O)[C@@H](c2cc(N3CCC4(CCCN(C[C@H]5C[C@H](Oc6cc(N7C8CCC7CN(c7cc(-c9ccccc9O)nnc7N)C8)ccn6)C5)C4)CC3)no2)C(C)C)cc1. The van der Waals surface area contributed by atoms with Crippen LogP contribution in [0.1, 0.15) is 108 Å². The van der Waals surface area contributed by atoms with E-state index >= 15 is 0 Å². The van der Waals surface area contributed by atoms with Gasteiger partial charge in [-0.3, -0.25) is 9.59 Å². The number of pyridine rings is 1. The van der Waals surface area contributed by atoms with Gasteiger partial charge in [-0.15, -0.1) is 21.5 Å². The molecule has 416 valence electrons. The molecular weight excluding hydrogens is 1020 g/mol. The van der Waals surface area contributed by atoms with Gasteiger partial charge >= 0.3 is 0 Å². The summed E-state index contributed by atoms with van der Waals surface area (Å²) < 4.78 is 12.6. The van der Waals surface area contributed by atoms with Crippen LogP contribution in [0, 0.1) is 24.2 Å². The van der Waals surface area contributed by atoms with Crippen molar-refractivity contribution in [3.8, 4) is 33.3 Å². The molecule has 2 bridgehead atoms. The van der Waals surface area contributed by atoms with E-state index in [1.807, 2.05) is 87.9 Å². The van der Waals surface area contributed by atoms with Gasteiger partial charge in [0, 0.05) is 93.9 Å². The first kappa shape index (κ1) is 52.8. The first-order valence-corrected chi connectivity index (χ1v) is 29.4. The molecule has 12 rings (SSSR count). The van der Waals surface area contributed by atoms with Gasteiger partial charge in [0.25, 0.3) is 0 Å². The maximum Gasteiger partial charge on any atom is 0.243 e. The van der Waals surface area contributed by atoms with Crippen molar-refractivity contribution in [1.82, 2.24) is 40.4 Å². The molecule has 2 unspecified atom stereocenters. The molecule has 5 aliphatic heterocycles. The number of carbonyl (C=O) groups excluding carboxylic acids is 2. The summed E-state index contributed by atoms with van der Waals surface area (Å²) in [5.41, 5.74) is 14.8. The van der Waals surface area contributed by atoms with Crippen molar-refractivity contribution in [2.75, 3.05) is 72.8 Å². The topological polar surface area (TPSA) is 216 Å². The number of nitrogens with two attached hydrogens (primary N) is 1. The number of nitrogens with zero attached hydrogens (tertiary/aromatic N) is 10. The van der Waals surface area contributed by atoms with Crippen LogP contribution in [0.15, 0.2) is 89.0 Å². The Hall–Kier alpha value is -6.83. The molecule has 5 N–H and O–H groups in total. The number of aliphatic hydroxyl groups is 1. The van der Waals surface area contributed by atoms with E-state index in [-0.39, 0.29) is 54.0 Å². The number of para-hydroxylation sites is 1. The fourth-order valence-corrected chi connectivity index (χ4v) is 14.7. The highest BCUT2D eigenvalue weighted by atomic mass is 32.1. The van der Waals surface area contributed by atoms with Gasteiger partial charge in [0.15, 0.2) is 17.4 Å². The lowest BCUT2D eigenvalue weighted by molar-refractivity contribution is -0.141. The lowest BCUT2D eigenvalue weighted by atomic mass is 9.72. The number of carbonyl (C=O) groups is 2. The number of piperidine rings is 2. The molecule has 1 saturated carbocycles. The minimum Gasteiger partial charge on any atom is -0.507 e. The number of hydrogen-bond donors (Lipinski definition) is 4. The third-order valence-corrected chi connectivity index (χ3v) is 19.1. The maximum atomic E-state index is 14.5. The van der Waals surface area contributed by atoms with E-state index in [1.54, 1.807) is 28.4 Å². The molecule has 1 spiro atoms. The average Bonchev–Trinajstić information content (AvgIpc) is 4.43. The number of amides is 2. The van der Waals surface area contributed by atoms with E-state index in [9.17, 15) is 19.8 Å². The molecule has 1 aliphatic carbocycles. The highest BCUT2D eigenvalue weighted by molar-refractivity contribution is 7.13. The van der Waals surface area contributed by atoms with Crippen molar-refractivity contribution in [2.24, 2.45) is 17.3 Å². The van der Waals surface area contributed by atoms with Gasteiger partial charge in [-0.25, -0.2) is 9.97 Å². The zero-order valence-electron chi connectivity index (χ0n) is 45.8. The summed E-state index contributed by atoms with van der Waals surface area (Å²) in [4.78, 5) is 50.0. The molecule has 4 aromatic heterocycles. The van der Waals surface area contributed by atoms with E-state index in [0.29, 0.717) is 46.7 Å². The number of aromatic hydroxyl groups is 1. The fourth-order valence-electron chi connectivity index (χ4n) is 13.8. The van der Waals surface area contributed by atoms with Crippen molar-refractivity contribution >= 4 is 46.2 Å². The number of fused-ring (bicyclic) bond motifs is 2. The van der Waals surface area contributed by atoms with E-state index in [4.69, 9.17) is 15.0 Å². The van der Waals surface area contributed by atoms with Crippen LogP contribution in [-0.2, 0) is 9.59 Å². The van der Waals surface area contributed by atoms with Crippen molar-refractivity contribution in [1.29, 1.82) is 0 Å². The number of anilines is 4. The summed E-state index contributed by atoms with van der Waals surface area (Å²) in [6, 6.07) is 22.9. The van der Waals surface area contributed by atoms with Gasteiger partial charge < -0.3 is 55.0 Å². The van der Waals surface area contributed by atoms with E-state index in [2.05, 4.69) is 62.4 Å². The van der Waals surface area contributed by atoms with Crippen molar-refractivity contribution < 1.29 is 29.1 Å². The molecule has 79 heavy (non-hydrogen) atoms. The molecular formula is C60H74N12O6S. The standard InChI is InChI=1S/C60H74N12O6S/c1-36(2)55(59(76)71-33-45(73)27-50(71)58(75)64-37(3)40-10-12-41(13-11-40)56-38(4)63-35-79-56)52-29-53(67-78-52)69-22-18-60(19-23-69)17-7-21-68(34-60)30-39-24-46(25-39)77-54-26-42(16-20-62-54)72-43-14-15-44(72)32-70(31-43)49-28-48(65-66-57(49)61)47-8-5-6-9-51(47)74/h5-6,8-13,16,20,26,28-29,35-37,39,43-46,50,55,73-74H,7,14-15,17-19,21-25,27,30-34H2,1-4H3,(H2,61,66)(H,64,75)/t37-,39-,43?,44?,45+,46-,50-,55+/m0/s1. The molecule has 6 aliphatic rings. The second-order valence-electron chi connectivity index (χ2n) is 23.8. The number of β-amino-alcohol motifs (C(OH)–C–C–N with tert-alkyl or cyclic N) is 1. The maximum absolute atomic E-state index is 14.5. The number of phenols is 1. The molecule has 2 aromatic carbocycles. The molecule has 6 aromatic rings. The summed E-state index contributed by atoms with van der Waals surface area (Å²) in [5.74, 6) is 1.79. The van der Waals surface area contributed by atoms with Crippen molar-refractivity contribution in [3.05, 3.63) is 102 Å². The van der Waals surface area contributed by atoms with E-state index in [0.717, 1.165) is 123 Å². The number of nitrogen functional groups attached to an aromatic ring is 1. The number of benzene rings is 2. The van der Waals surface area contributed by atoms with Crippen LogP contribution in [0.2, 0.25) is 0 Å². The second-order valence-corrected chi connectivity index (χ2v) is 24.6. The van der Waals surface area contributed by atoms with Gasteiger partial charge in [-0.1, -0.05) is 55.4 Å². The predicted molar refractivity (Wildman–Crippen MR) is 305 cm³/mol. The summed E-state index contributed by atoms with van der Waals surface area (Å²) in [6.45, 7) is 14.7. The van der Waals surface area contributed by atoms with Crippen molar-refractivity contribution in [2.45, 2.75) is 128 Å². The molecule has 0 radical (unpaired) electrons. The Morgan fingerprint density at radius 3 is 2.42 bits per heavy atom. The van der Waals surface area contributed by atoms with Gasteiger partial charge in [0.2, 0.25) is 17.7 Å². The Morgan fingerprint density at radius 2 is 1.68 bits per heavy atom. The van der Waals surface area contributed by atoms with Crippen molar-refractivity contribution in [3.63, 3.8) is 0 Å². The normalized spacial score (nSPS) is 24.7. The minimum absolute atomic E-state index is 0.0852. The zero-order valence-corrected chi connectivity index (χ0v) is 46.6. The number of piperazine rings is 1. The summed E-state index contributed by atoms with van der Waals surface area (Å²) in [5, 5.41) is 37.6. The highest BCUT2D eigenvalue weighted by Gasteiger charge is 2.46. The number of nitrogens with one attached hydrogen (secondary N) is 1. The quantitative estimate of drug-likeness (QED) is 0.0762. The monoisotopic (exact) mass is 1090 g/mol. The Morgan fingerprint density at radius 1 is 0.911 bits per heavy atom. The molecule has 19 heteroatoms. The lowest BCUT2D eigenvalue weighted by Gasteiger charge is -2.49. The third kappa shape index (κ3) is 10.8. The average molecular weight is 1090 g/mol. The number of ether oxygens (including phenoxy) is 1. The number of phenolic OH excluding ortho intramolecular Hbond substituents is 1. The molecule has 5 saturated heterocycles. The fraction of sp³-hybridized carbons (Fsp3) is 0.517. The number of likely N-dealkylation sites (tertiary alicyclic amines) is 2. The number of thiazole rings is 1. The number of hydrogen-bond acceptors (Lipinski definition) is 17. The van der Waals surface area contributed by atoms with Crippen LogP contribution in [0.3, 0.4) is 0 Å². The van der Waals surface area contributed by atoms with Gasteiger partial charge in [-0.05, 0) is 124 Å². The van der Waals surface area contributed by atoms with Gasteiger partial charge in [0.05, 0.1) is 39.6 Å². The molecule has 9 heterocycles. The van der Waals surface area contributed by atoms with Gasteiger partial charge in [0.1, 0.15) is 23.8 Å². The van der Waals surface area contributed by atoms with E-state index < -0.39 is 18.1 Å². The Bertz CT molecular complexity index is 3120. The molecule has 18 nitrogen and oxygen atoms in total. The van der Waals surface area contributed by atoms with Crippen LogP contribution in [0.4, 0.5) is 23.0 Å². The smallest absolute Gasteiger partial charge is 0.243 e. The van der Waals surface area contributed by atoms with Crippen LogP contribution in [0.5, 0.6) is 11.6 Å². The third-order valence-electron chi connectivity index (χ3n) is 18.1. The van der Waals surface area contributed by atoms with Crippen LogP contribution < -0.4 is 30.5 Å². The van der Waals surface area contributed by atoms with Gasteiger partial charge in [-0.2, -0.15) is 0 Å².